The van der Waals surface area contributed by atoms with Crippen molar-refractivity contribution >= 4 is 11.7 Å². The van der Waals surface area contributed by atoms with E-state index in [1.54, 1.807) is 6.07 Å². The van der Waals surface area contributed by atoms with Crippen molar-refractivity contribution in [3.8, 4) is 0 Å². The van der Waals surface area contributed by atoms with Crippen LogP contribution in [0.4, 0.5) is 5.69 Å². The molecule has 1 fully saturated rings. The fourth-order valence-electron chi connectivity index (χ4n) is 3.33. The lowest BCUT2D eigenvalue weighted by Crippen LogP contribution is -2.36. The van der Waals surface area contributed by atoms with Gasteiger partial charge in [-0.15, -0.1) is 0 Å². The van der Waals surface area contributed by atoms with Crippen molar-refractivity contribution in [1.29, 1.82) is 0 Å². The average molecular weight is 289 g/mol. The Balaban J connectivity index is 2.03. The minimum absolute atomic E-state index is 0.251. The lowest BCUT2D eigenvalue weighted by Gasteiger charge is -2.40. The number of benzene rings is 1. The van der Waals surface area contributed by atoms with Gasteiger partial charge in [0.25, 0.3) is 0 Å². The Morgan fingerprint density at radius 2 is 2.19 bits per heavy atom. The highest BCUT2D eigenvalue weighted by Crippen LogP contribution is 2.39. The van der Waals surface area contributed by atoms with Gasteiger partial charge in [-0.25, -0.2) is 4.79 Å². The third-order valence-corrected chi connectivity index (χ3v) is 4.42. The first-order valence-corrected chi connectivity index (χ1v) is 7.95. The van der Waals surface area contributed by atoms with E-state index in [1.165, 1.54) is 19.3 Å². The molecule has 0 spiro atoms. The van der Waals surface area contributed by atoms with Gasteiger partial charge in [0, 0.05) is 11.7 Å². The van der Waals surface area contributed by atoms with Crippen LogP contribution < -0.4 is 5.32 Å². The molecule has 0 saturated heterocycles. The fraction of sp³-hybridized carbons (Fsp3) is 0.611. The summed E-state index contributed by atoms with van der Waals surface area (Å²) < 4.78 is 5.05. The van der Waals surface area contributed by atoms with Gasteiger partial charge >= 0.3 is 5.97 Å². The van der Waals surface area contributed by atoms with Gasteiger partial charge in [0.15, 0.2) is 0 Å². The second-order valence-corrected chi connectivity index (χ2v) is 6.94. The summed E-state index contributed by atoms with van der Waals surface area (Å²) in [6, 6.07) is 8.11. The Bertz CT molecular complexity index is 496. The first kappa shape index (κ1) is 15.9. The molecule has 1 aromatic carbocycles. The molecular formula is C18H27NO2. The standard InChI is InChI=1S/C18H27NO2/c1-5-21-17(20)14-7-6-8-15(11-14)19-16-9-10-18(3,4)12-13(16)2/h6-8,11,13,16,19H,5,9-10,12H2,1-4H3. The maximum Gasteiger partial charge on any atom is 0.338 e. The summed E-state index contributed by atoms with van der Waals surface area (Å²) in [5, 5.41) is 3.60. The Morgan fingerprint density at radius 1 is 1.43 bits per heavy atom. The first-order chi connectivity index (χ1) is 9.91. The molecule has 21 heavy (non-hydrogen) atoms. The number of esters is 1. The first-order valence-electron chi connectivity index (χ1n) is 7.95. The monoisotopic (exact) mass is 289 g/mol. The van der Waals surface area contributed by atoms with E-state index < -0.39 is 0 Å². The molecular weight excluding hydrogens is 262 g/mol. The van der Waals surface area contributed by atoms with E-state index >= 15 is 0 Å². The maximum absolute atomic E-state index is 11.8. The van der Waals surface area contributed by atoms with Crippen LogP contribution in [0, 0.1) is 11.3 Å². The third-order valence-electron chi connectivity index (χ3n) is 4.42. The van der Waals surface area contributed by atoms with Crippen LogP contribution in [0.3, 0.4) is 0 Å². The van der Waals surface area contributed by atoms with Gasteiger partial charge in [0.1, 0.15) is 0 Å². The molecule has 1 aromatic rings. The molecule has 1 aliphatic rings. The minimum atomic E-state index is -0.251. The van der Waals surface area contributed by atoms with Crippen LogP contribution >= 0.6 is 0 Å². The summed E-state index contributed by atoms with van der Waals surface area (Å²) in [5.41, 5.74) is 2.08. The number of carbonyl (C=O) groups excluding carboxylic acids is 1. The summed E-state index contributed by atoms with van der Waals surface area (Å²) in [5.74, 6) is 0.388. The molecule has 0 amide bonds. The lowest BCUT2D eigenvalue weighted by atomic mass is 9.70. The Morgan fingerprint density at radius 3 is 2.86 bits per heavy atom. The number of anilines is 1. The van der Waals surface area contributed by atoms with Crippen molar-refractivity contribution in [1.82, 2.24) is 0 Å². The van der Waals surface area contributed by atoms with E-state index in [-0.39, 0.29) is 5.97 Å². The van der Waals surface area contributed by atoms with Crippen molar-refractivity contribution in [2.24, 2.45) is 11.3 Å². The van der Waals surface area contributed by atoms with Crippen molar-refractivity contribution in [2.75, 3.05) is 11.9 Å². The molecule has 3 heteroatoms. The number of ether oxygens (including phenoxy) is 1. The van der Waals surface area contributed by atoms with Gasteiger partial charge in [-0.1, -0.05) is 26.8 Å². The molecule has 1 aliphatic carbocycles. The third kappa shape index (κ3) is 4.23. The zero-order valence-electron chi connectivity index (χ0n) is 13.6. The summed E-state index contributed by atoms with van der Waals surface area (Å²) >= 11 is 0. The molecule has 2 atom stereocenters. The number of nitrogens with one attached hydrogen (secondary N) is 1. The highest BCUT2D eigenvalue weighted by Gasteiger charge is 2.32. The minimum Gasteiger partial charge on any atom is -0.462 e. The van der Waals surface area contributed by atoms with Gasteiger partial charge in [0.2, 0.25) is 0 Å². The highest BCUT2D eigenvalue weighted by atomic mass is 16.5. The number of hydrogen-bond acceptors (Lipinski definition) is 3. The molecule has 3 nitrogen and oxygen atoms in total. The topological polar surface area (TPSA) is 38.3 Å². The fourth-order valence-corrected chi connectivity index (χ4v) is 3.33. The zero-order valence-corrected chi connectivity index (χ0v) is 13.6. The van der Waals surface area contributed by atoms with Crippen LogP contribution in [0.25, 0.3) is 0 Å². The summed E-state index contributed by atoms with van der Waals surface area (Å²) in [4.78, 5) is 11.8. The molecule has 0 bridgehead atoms. The molecule has 1 N–H and O–H groups in total. The second kappa shape index (κ2) is 6.50. The van der Waals surface area contributed by atoms with Crippen LogP contribution in [-0.2, 0) is 4.74 Å². The lowest BCUT2D eigenvalue weighted by molar-refractivity contribution is 0.0526. The SMILES string of the molecule is CCOC(=O)c1cccc(NC2CCC(C)(C)CC2C)c1. The van der Waals surface area contributed by atoms with Crippen molar-refractivity contribution in [3.05, 3.63) is 29.8 Å². The van der Waals surface area contributed by atoms with Gasteiger partial charge in [-0.2, -0.15) is 0 Å². The zero-order chi connectivity index (χ0) is 15.5. The van der Waals surface area contributed by atoms with Gasteiger partial charge in [-0.3, -0.25) is 0 Å². The number of hydrogen-bond donors (Lipinski definition) is 1. The molecule has 2 rings (SSSR count). The summed E-state index contributed by atoms with van der Waals surface area (Å²) in [6.45, 7) is 9.24. The Hall–Kier alpha value is -1.51. The van der Waals surface area contributed by atoms with Crippen LogP contribution in [0.15, 0.2) is 24.3 Å². The molecule has 0 radical (unpaired) electrons. The molecule has 116 valence electrons. The number of carbonyl (C=O) groups is 1. The van der Waals surface area contributed by atoms with E-state index in [9.17, 15) is 4.79 Å². The van der Waals surface area contributed by atoms with Crippen LogP contribution in [0.5, 0.6) is 0 Å². The smallest absolute Gasteiger partial charge is 0.338 e. The maximum atomic E-state index is 11.8. The van der Waals surface area contributed by atoms with Crippen molar-refractivity contribution in [3.63, 3.8) is 0 Å². The molecule has 1 saturated carbocycles. The highest BCUT2D eigenvalue weighted by molar-refractivity contribution is 5.90. The van der Waals surface area contributed by atoms with E-state index in [4.69, 9.17) is 4.74 Å². The predicted molar refractivity (Wildman–Crippen MR) is 86.6 cm³/mol. The predicted octanol–water partition coefficient (Wildman–Crippen LogP) is 4.49. The summed E-state index contributed by atoms with van der Waals surface area (Å²) in [6.07, 6.45) is 3.66. The quantitative estimate of drug-likeness (QED) is 0.830. The van der Waals surface area contributed by atoms with Gasteiger partial charge in [-0.05, 0) is 55.7 Å². The van der Waals surface area contributed by atoms with Crippen LogP contribution in [0.1, 0.15) is 57.3 Å². The van der Waals surface area contributed by atoms with Gasteiger partial charge < -0.3 is 10.1 Å². The van der Waals surface area contributed by atoms with Crippen molar-refractivity contribution in [2.45, 2.75) is 53.0 Å². The van der Waals surface area contributed by atoms with E-state index in [2.05, 4.69) is 26.1 Å². The van der Waals surface area contributed by atoms with Crippen LogP contribution in [0.2, 0.25) is 0 Å². The molecule has 2 unspecified atom stereocenters. The average Bonchev–Trinajstić information content (AvgIpc) is 2.42. The van der Waals surface area contributed by atoms with Crippen molar-refractivity contribution < 1.29 is 9.53 Å². The molecule has 0 aliphatic heterocycles. The number of rotatable bonds is 4. The Labute approximate surface area is 128 Å². The summed E-state index contributed by atoms with van der Waals surface area (Å²) in [7, 11) is 0. The van der Waals surface area contributed by atoms with E-state index in [1.807, 2.05) is 25.1 Å². The Kier molecular flexibility index (Phi) is 4.92. The largest absolute Gasteiger partial charge is 0.462 e. The molecule has 0 heterocycles. The normalized spacial score (nSPS) is 24.4. The van der Waals surface area contributed by atoms with E-state index in [0.29, 0.717) is 29.5 Å². The molecule has 0 aromatic heterocycles. The second-order valence-electron chi connectivity index (χ2n) is 6.94. The van der Waals surface area contributed by atoms with Gasteiger partial charge in [0.05, 0.1) is 12.2 Å². The van der Waals surface area contributed by atoms with E-state index in [0.717, 1.165) is 5.69 Å². The van der Waals surface area contributed by atoms with Crippen LogP contribution in [-0.4, -0.2) is 18.6 Å².